The van der Waals surface area contributed by atoms with Crippen molar-refractivity contribution in [3.8, 4) is 0 Å². The summed E-state index contributed by atoms with van der Waals surface area (Å²) in [6, 6.07) is 9.12. The maximum absolute atomic E-state index is 12.8. The van der Waals surface area contributed by atoms with Crippen LogP contribution in [0.5, 0.6) is 0 Å². The third kappa shape index (κ3) is 4.45. The van der Waals surface area contributed by atoms with Gasteiger partial charge in [0.15, 0.2) is 9.84 Å². The highest BCUT2D eigenvalue weighted by molar-refractivity contribution is 7.91. The van der Waals surface area contributed by atoms with Crippen LogP contribution in [0.3, 0.4) is 0 Å². The molecule has 0 saturated carbocycles. The Morgan fingerprint density at radius 3 is 2.64 bits per heavy atom. The van der Waals surface area contributed by atoms with E-state index in [1.807, 2.05) is 30.3 Å². The normalized spacial score (nSPS) is 24.1. The zero-order valence-electron chi connectivity index (χ0n) is 15.3. The van der Waals surface area contributed by atoms with Gasteiger partial charge in [-0.3, -0.25) is 9.69 Å². The lowest BCUT2D eigenvalue weighted by Gasteiger charge is -2.43. The van der Waals surface area contributed by atoms with E-state index in [2.05, 4.69) is 14.9 Å². The van der Waals surface area contributed by atoms with Crippen LogP contribution in [0.2, 0.25) is 0 Å². The third-order valence-electron chi connectivity index (χ3n) is 5.22. The zero-order chi connectivity index (χ0) is 18.9. The van der Waals surface area contributed by atoms with Crippen molar-refractivity contribution in [1.29, 1.82) is 0 Å². The first-order valence-electron chi connectivity index (χ1n) is 8.97. The molecule has 2 aromatic rings. The molecule has 2 saturated heterocycles. The molecule has 0 aliphatic carbocycles. The second kappa shape index (κ2) is 8.46. The number of hydrogen-bond donors (Lipinski definition) is 1. The molecule has 1 aromatic heterocycles. The molecule has 2 fully saturated rings. The van der Waals surface area contributed by atoms with Crippen molar-refractivity contribution in [3.63, 3.8) is 0 Å². The summed E-state index contributed by atoms with van der Waals surface area (Å²) in [5, 5.41) is 0. The summed E-state index contributed by atoms with van der Waals surface area (Å²) in [6.45, 7) is 1.77. The third-order valence-corrected chi connectivity index (χ3v) is 6.92. The fourth-order valence-electron chi connectivity index (χ4n) is 3.91. The second-order valence-corrected chi connectivity index (χ2v) is 9.19. The Bertz CT molecular complexity index is 931. The molecule has 9 heteroatoms. The van der Waals surface area contributed by atoms with E-state index in [4.69, 9.17) is 0 Å². The summed E-state index contributed by atoms with van der Waals surface area (Å²) in [5.74, 6) is -0.00723. The number of sulfone groups is 1. The molecule has 150 valence electrons. The summed E-state index contributed by atoms with van der Waals surface area (Å²) in [4.78, 5) is 23.7. The number of hydrogen-bond acceptors (Lipinski definition) is 5. The van der Waals surface area contributed by atoms with Crippen LogP contribution < -0.4 is 0 Å². The van der Waals surface area contributed by atoms with Gasteiger partial charge in [-0.1, -0.05) is 30.3 Å². The van der Waals surface area contributed by atoms with Gasteiger partial charge in [-0.2, -0.15) is 0 Å². The average Bonchev–Trinajstić information content (AvgIpc) is 3.27. The molecule has 3 heterocycles. The lowest BCUT2D eigenvalue weighted by Crippen LogP contribution is -2.60. The van der Waals surface area contributed by atoms with Crippen LogP contribution >= 0.6 is 12.4 Å². The van der Waals surface area contributed by atoms with Crippen LogP contribution in [0.25, 0.3) is 6.08 Å². The predicted octanol–water partition coefficient (Wildman–Crippen LogP) is 1.35. The van der Waals surface area contributed by atoms with Crippen LogP contribution in [0.4, 0.5) is 0 Å². The molecule has 1 N–H and O–H groups in total. The molecule has 0 spiro atoms. The summed E-state index contributed by atoms with van der Waals surface area (Å²) >= 11 is 0. The van der Waals surface area contributed by atoms with E-state index in [1.165, 1.54) is 0 Å². The van der Waals surface area contributed by atoms with Gasteiger partial charge in [0.05, 0.1) is 23.9 Å². The SMILES string of the molecule is Cl.O=C(/C=C/c1ccccc1)N1CCN(Cc2cnc[nH]2)[C@@H]2CS(=O)(=O)C[C@@H]21. The van der Waals surface area contributed by atoms with Gasteiger partial charge < -0.3 is 9.88 Å². The minimum absolute atomic E-state index is 0. The largest absolute Gasteiger partial charge is 0.347 e. The van der Waals surface area contributed by atoms with Gasteiger partial charge in [-0.05, 0) is 11.6 Å². The summed E-state index contributed by atoms with van der Waals surface area (Å²) in [6.07, 6.45) is 6.69. The number of piperazine rings is 1. The number of benzene rings is 1. The molecule has 0 bridgehead atoms. The van der Waals surface area contributed by atoms with Gasteiger partial charge in [0, 0.05) is 43.6 Å². The van der Waals surface area contributed by atoms with Crippen LogP contribution in [-0.4, -0.2) is 70.8 Å². The smallest absolute Gasteiger partial charge is 0.246 e. The Balaban J connectivity index is 0.00000225. The lowest BCUT2D eigenvalue weighted by atomic mass is 10.0. The molecule has 0 unspecified atom stereocenters. The number of carbonyl (C=O) groups excluding carboxylic acids is 1. The number of rotatable bonds is 4. The highest BCUT2D eigenvalue weighted by Gasteiger charge is 2.47. The fourth-order valence-corrected chi connectivity index (χ4v) is 5.92. The minimum atomic E-state index is -3.16. The van der Waals surface area contributed by atoms with Crippen molar-refractivity contribution in [3.05, 3.63) is 60.2 Å². The number of nitrogens with one attached hydrogen (secondary N) is 1. The first-order chi connectivity index (χ1) is 13.0. The number of amides is 1. The molecule has 28 heavy (non-hydrogen) atoms. The Labute approximate surface area is 170 Å². The van der Waals surface area contributed by atoms with Crippen LogP contribution in [0, 0.1) is 0 Å². The first-order valence-corrected chi connectivity index (χ1v) is 10.8. The Hall–Kier alpha value is -2.16. The zero-order valence-corrected chi connectivity index (χ0v) is 16.9. The quantitative estimate of drug-likeness (QED) is 0.752. The maximum Gasteiger partial charge on any atom is 0.246 e. The number of fused-ring (bicyclic) bond motifs is 1. The van der Waals surface area contributed by atoms with Gasteiger partial charge >= 0.3 is 0 Å². The van der Waals surface area contributed by atoms with Crippen molar-refractivity contribution in [2.45, 2.75) is 18.6 Å². The predicted molar refractivity (Wildman–Crippen MR) is 110 cm³/mol. The number of halogens is 1. The van der Waals surface area contributed by atoms with E-state index in [-0.39, 0.29) is 41.9 Å². The average molecular weight is 423 g/mol. The van der Waals surface area contributed by atoms with Crippen molar-refractivity contribution in [1.82, 2.24) is 19.8 Å². The molecular weight excluding hydrogens is 400 g/mol. The standard InChI is InChI=1S/C19H22N4O3S.ClH/c24-19(7-6-15-4-2-1-3-5-15)23-9-8-22(11-16-10-20-14-21-16)17-12-27(25,26)13-18(17)23;/h1-7,10,14,17-18H,8-9,11-13H2,(H,20,21);1H/b7-6+;/t17-,18+;/m1./s1. The lowest BCUT2D eigenvalue weighted by molar-refractivity contribution is -0.131. The number of aromatic amines is 1. The van der Waals surface area contributed by atoms with Crippen LogP contribution in [0.15, 0.2) is 48.9 Å². The Morgan fingerprint density at radius 2 is 1.93 bits per heavy atom. The van der Waals surface area contributed by atoms with E-state index < -0.39 is 9.84 Å². The van der Waals surface area contributed by atoms with Crippen LogP contribution in [0.1, 0.15) is 11.3 Å². The number of H-pyrrole nitrogens is 1. The van der Waals surface area contributed by atoms with E-state index in [9.17, 15) is 13.2 Å². The monoisotopic (exact) mass is 422 g/mol. The summed E-state index contributed by atoms with van der Waals surface area (Å²) in [5.41, 5.74) is 1.89. The second-order valence-electron chi connectivity index (χ2n) is 7.03. The molecule has 2 aliphatic rings. The topological polar surface area (TPSA) is 86.4 Å². The van der Waals surface area contributed by atoms with Gasteiger partial charge in [-0.15, -0.1) is 12.4 Å². The van der Waals surface area contributed by atoms with E-state index in [1.54, 1.807) is 29.6 Å². The molecule has 1 aromatic carbocycles. The molecular formula is C19H23ClN4O3S. The Kier molecular flexibility index (Phi) is 6.22. The number of aromatic nitrogens is 2. The summed E-state index contributed by atoms with van der Waals surface area (Å²) in [7, 11) is -3.16. The van der Waals surface area contributed by atoms with Gasteiger partial charge in [-0.25, -0.2) is 13.4 Å². The van der Waals surface area contributed by atoms with Gasteiger partial charge in [0.2, 0.25) is 5.91 Å². The molecule has 2 aliphatic heterocycles. The fraction of sp³-hybridized carbons (Fsp3) is 0.368. The molecule has 0 radical (unpaired) electrons. The highest BCUT2D eigenvalue weighted by atomic mass is 35.5. The maximum atomic E-state index is 12.8. The first kappa shape index (κ1) is 20.6. The van der Waals surface area contributed by atoms with E-state index in [0.717, 1.165) is 11.3 Å². The molecule has 2 atom stereocenters. The minimum Gasteiger partial charge on any atom is -0.347 e. The Morgan fingerprint density at radius 1 is 1.18 bits per heavy atom. The molecule has 7 nitrogen and oxygen atoms in total. The van der Waals surface area contributed by atoms with Crippen molar-refractivity contribution >= 4 is 34.2 Å². The van der Waals surface area contributed by atoms with E-state index in [0.29, 0.717) is 19.6 Å². The van der Waals surface area contributed by atoms with Crippen molar-refractivity contribution in [2.75, 3.05) is 24.6 Å². The van der Waals surface area contributed by atoms with Crippen molar-refractivity contribution in [2.24, 2.45) is 0 Å². The number of nitrogens with zero attached hydrogens (tertiary/aromatic N) is 3. The highest BCUT2D eigenvalue weighted by Crippen LogP contribution is 2.28. The van der Waals surface area contributed by atoms with Gasteiger partial charge in [0.25, 0.3) is 0 Å². The van der Waals surface area contributed by atoms with Gasteiger partial charge in [0.1, 0.15) is 0 Å². The molecule has 4 rings (SSSR count). The van der Waals surface area contributed by atoms with Crippen molar-refractivity contribution < 1.29 is 13.2 Å². The number of carbonyl (C=O) groups is 1. The number of imidazole rings is 1. The summed E-state index contributed by atoms with van der Waals surface area (Å²) < 4.78 is 24.6. The molecule has 1 amide bonds. The van der Waals surface area contributed by atoms with E-state index >= 15 is 0 Å². The van der Waals surface area contributed by atoms with Crippen LogP contribution in [-0.2, 0) is 21.2 Å².